The number of hydrogen-bond donors (Lipinski definition) is 0. The van der Waals surface area contributed by atoms with Crippen molar-refractivity contribution in [3.8, 4) is 0 Å². The van der Waals surface area contributed by atoms with Gasteiger partial charge in [-0.05, 0) is 29.5 Å². The summed E-state index contributed by atoms with van der Waals surface area (Å²) < 4.78 is 9.09. The molecule has 0 saturated carbocycles. The van der Waals surface area contributed by atoms with Crippen LogP contribution in [0.3, 0.4) is 0 Å². The van der Waals surface area contributed by atoms with E-state index in [0.717, 1.165) is 6.42 Å². The quantitative estimate of drug-likeness (QED) is 0.375. The van der Waals surface area contributed by atoms with Crippen LogP contribution in [0.2, 0.25) is 0 Å². The molecule has 0 bridgehead atoms. The molecule has 0 nitrogen and oxygen atoms in total. The highest BCUT2D eigenvalue weighted by molar-refractivity contribution is 7.44. The largest absolute Gasteiger partial charge is 0.141 e. The predicted octanol–water partition coefficient (Wildman–Crippen LogP) is 5.96. The molecule has 1 aliphatic rings. The Labute approximate surface area is 113 Å². The molecule has 0 unspecified atom stereocenters. The van der Waals surface area contributed by atoms with Crippen molar-refractivity contribution in [3.63, 3.8) is 0 Å². The summed E-state index contributed by atoms with van der Waals surface area (Å²) in [5, 5.41) is 2.21. The first-order chi connectivity index (χ1) is 8.42. The van der Waals surface area contributed by atoms with Gasteiger partial charge in [-0.1, -0.05) is 6.08 Å². The highest BCUT2D eigenvalue weighted by Gasteiger charge is 2.20. The fraction of sp³-hybridized carbons (Fsp3) is 0.0769. The van der Waals surface area contributed by atoms with Gasteiger partial charge in [0, 0.05) is 9.58 Å². The van der Waals surface area contributed by atoms with Gasteiger partial charge in [0.1, 0.15) is 0 Å². The van der Waals surface area contributed by atoms with Crippen LogP contribution in [0, 0.1) is 0 Å². The monoisotopic (exact) mass is 290 g/mol. The summed E-state index contributed by atoms with van der Waals surface area (Å²) in [7, 11) is 0. The van der Waals surface area contributed by atoms with E-state index in [9.17, 15) is 0 Å². The minimum absolute atomic E-state index is 1.14. The molecule has 4 heterocycles. The van der Waals surface area contributed by atoms with Gasteiger partial charge in [0.05, 0.1) is 23.5 Å². The maximum Gasteiger partial charge on any atom is 0.0651 e. The SMILES string of the molecule is C1=Cc2sc3c(sc4c5sccc5sc34)c2C1. The van der Waals surface area contributed by atoms with Crippen molar-refractivity contribution in [3.05, 3.63) is 28.0 Å². The molecule has 1 aliphatic carbocycles. The second-order valence-corrected chi connectivity index (χ2v) is 8.23. The summed E-state index contributed by atoms with van der Waals surface area (Å²) in [5.41, 5.74) is 1.57. The lowest BCUT2D eigenvalue weighted by Gasteiger charge is -1.85. The van der Waals surface area contributed by atoms with Crippen molar-refractivity contribution in [2.75, 3.05) is 0 Å². The Hall–Kier alpha value is -0.680. The Bertz CT molecular complexity index is 910. The van der Waals surface area contributed by atoms with Crippen LogP contribution >= 0.6 is 45.3 Å². The highest BCUT2D eigenvalue weighted by Crippen LogP contribution is 2.51. The fourth-order valence-corrected chi connectivity index (χ4v) is 8.07. The summed E-state index contributed by atoms with van der Waals surface area (Å²) >= 11 is 7.84. The lowest BCUT2D eigenvalue weighted by molar-refractivity contribution is 1.38. The van der Waals surface area contributed by atoms with E-state index in [0.29, 0.717) is 0 Å². The molecule has 4 aromatic rings. The third kappa shape index (κ3) is 1.03. The van der Waals surface area contributed by atoms with Crippen LogP contribution in [0.5, 0.6) is 0 Å². The van der Waals surface area contributed by atoms with Gasteiger partial charge in [0.2, 0.25) is 0 Å². The predicted molar refractivity (Wildman–Crippen MR) is 83.2 cm³/mol. The van der Waals surface area contributed by atoms with Crippen molar-refractivity contribution in [2.24, 2.45) is 0 Å². The molecule has 5 rings (SSSR count). The van der Waals surface area contributed by atoms with Crippen LogP contribution < -0.4 is 0 Å². The standard InChI is InChI=1S/C13H6S4/c1-2-6-7(3-1)15-11-9(6)17-12-10-8(4-5-14-10)16-13(11)12/h1,3-5H,2H2. The van der Waals surface area contributed by atoms with E-state index in [1.807, 2.05) is 45.3 Å². The molecule has 0 N–H and O–H groups in total. The summed E-state index contributed by atoms with van der Waals surface area (Å²) in [6.45, 7) is 0. The van der Waals surface area contributed by atoms with Crippen molar-refractivity contribution >= 4 is 79.6 Å². The maximum absolute atomic E-state index is 2.29. The zero-order chi connectivity index (χ0) is 11.0. The van der Waals surface area contributed by atoms with Gasteiger partial charge in [-0.25, -0.2) is 0 Å². The molecule has 4 aromatic heterocycles. The normalized spacial score (nSPS) is 14.6. The van der Waals surface area contributed by atoms with Gasteiger partial charge in [-0.15, -0.1) is 45.3 Å². The summed E-state index contributed by atoms with van der Waals surface area (Å²) in [5.74, 6) is 0. The zero-order valence-electron chi connectivity index (χ0n) is 8.65. The summed E-state index contributed by atoms with van der Waals surface area (Å²) in [6.07, 6.45) is 5.71. The molecule has 0 saturated heterocycles. The van der Waals surface area contributed by atoms with Crippen molar-refractivity contribution < 1.29 is 0 Å². The number of allylic oxidation sites excluding steroid dienone is 1. The van der Waals surface area contributed by atoms with Crippen LogP contribution in [-0.2, 0) is 6.42 Å². The minimum atomic E-state index is 1.14. The number of fused-ring (bicyclic) bond motifs is 7. The fourth-order valence-electron chi connectivity index (χ4n) is 2.48. The van der Waals surface area contributed by atoms with Crippen molar-refractivity contribution in [1.82, 2.24) is 0 Å². The van der Waals surface area contributed by atoms with Gasteiger partial charge in [-0.3, -0.25) is 0 Å². The summed E-state index contributed by atoms with van der Waals surface area (Å²) in [4.78, 5) is 1.49. The number of thiophene rings is 4. The molecule has 0 radical (unpaired) electrons. The Morgan fingerprint density at radius 3 is 2.76 bits per heavy atom. The van der Waals surface area contributed by atoms with E-state index in [2.05, 4.69) is 23.6 Å². The van der Waals surface area contributed by atoms with Gasteiger partial charge in [0.15, 0.2) is 0 Å². The number of hydrogen-bond acceptors (Lipinski definition) is 4. The Balaban J connectivity index is 2.07. The van der Waals surface area contributed by atoms with Crippen molar-refractivity contribution in [1.29, 1.82) is 0 Å². The van der Waals surface area contributed by atoms with E-state index < -0.39 is 0 Å². The third-order valence-corrected chi connectivity index (χ3v) is 8.48. The zero-order valence-corrected chi connectivity index (χ0v) is 11.9. The Morgan fingerprint density at radius 1 is 0.882 bits per heavy atom. The third-order valence-electron chi connectivity index (χ3n) is 3.24. The van der Waals surface area contributed by atoms with Crippen LogP contribution in [0.4, 0.5) is 0 Å². The van der Waals surface area contributed by atoms with E-state index in [1.54, 1.807) is 10.3 Å². The van der Waals surface area contributed by atoms with Crippen LogP contribution in [0.25, 0.3) is 34.3 Å². The lowest BCUT2D eigenvalue weighted by Crippen LogP contribution is -1.69. The van der Waals surface area contributed by atoms with Gasteiger partial charge < -0.3 is 0 Å². The Morgan fingerprint density at radius 2 is 1.76 bits per heavy atom. The molecule has 4 heteroatoms. The number of rotatable bonds is 0. The minimum Gasteiger partial charge on any atom is -0.141 e. The summed E-state index contributed by atoms with van der Waals surface area (Å²) in [6, 6.07) is 2.25. The molecule has 0 fully saturated rings. The molecule has 82 valence electrons. The van der Waals surface area contributed by atoms with E-state index in [4.69, 9.17) is 0 Å². The molecule has 0 atom stereocenters. The second-order valence-electron chi connectivity index (χ2n) is 4.19. The molecule has 0 aliphatic heterocycles. The first kappa shape index (κ1) is 9.28. The Kier molecular flexibility index (Phi) is 1.64. The molecule has 0 aromatic carbocycles. The van der Waals surface area contributed by atoms with Gasteiger partial charge in [-0.2, -0.15) is 0 Å². The van der Waals surface area contributed by atoms with E-state index in [1.165, 1.54) is 28.4 Å². The topological polar surface area (TPSA) is 0 Å². The smallest absolute Gasteiger partial charge is 0.0651 e. The molecule has 0 amide bonds. The average molecular weight is 290 g/mol. The molecular formula is C13H6S4. The maximum atomic E-state index is 2.29. The van der Waals surface area contributed by atoms with Crippen LogP contribution in [-0.4, -0.2) is 0 Å². The lowest BCUT2D eigenvalue weighted by atomic mass is 10.2. The van der Waals surface area contributed by atoms with Crippen molar-refractivity contribution in [2.45, 2.75) is 6.42 Å². The highest BCUT2D eigenvalue weighted by atomic mass is 32.1. The van der Waals surface area contributed by atoms with Gasteiger partial charge in [0.25, 0.3) is 0 Å². The first-order valence-electron chi connectivity index (χ1n) is 5.42. The van der Waals surface area contributed by atoms with Gasteiger partial charge >= 0.3 is 0 Å². The average Bonchev–Trinajstić information content (AvgIpc) is 2.99. The van der Waals surface area contributed by atoms with E-state index >= 15 is 0 Å². The van der Waals surface area contributed by atoms with Crippen LogP contribution in [0.1, 0.15) is 10.4 Å². The first-order valence-corrected chi connectivity index (χ1v) is 8.75. The van der Waals surface area contributed by atoms with Crippen LogP contribution in [0.15, 0.2) is 17.5 Å². The molecule has 17 heavy (non-hydrogen) atoms. The molecular weight excluding hydrogens is 284 g/mol. The van der Waals surface area contributed by atoms with E-state index in [-0.39, 0.29) is 0 Å². The second kappa shape index (κ2) is 3.01. The molecule has 0 spiro atoms.